The van der Waals surface area contributed by atoms with Crippen LogP contribution in [0.25, 0.3) is 0 Å². The Morgan fingerprint density at radius 1 is 1.17 bits per heavy atom. The van der Waals surface area contributed by atoms with Crippen LogP contribution in [0.15, 0.2) is 42.5 Å². The lowest BCUT2D eigenvalue weighted by Gasteiger charge is -2.07. The molecule has 0 saturated carbocycles. The van der Waals surface area contributed by atoms with Crippen molar-refractivity contribution < 1.29 is 9.66 Å². The minimum atomic E-state index is -0.550. The molecule has 0 saturated heterocycles. The van der Waals surface area contributed by atoms with Crippen molar-refractivity contribution in [1.82, 2.24) is 0 Å². The van der Waals surface area contributed by atoms with Crippen LogP contribution in [-0.2, 0) is 0 Å². The summed E-state index contributed by atoms with van der Waals surface area (Å²) in [5.74, 6) is 0.669. The minimum absolute atomic E-state index is 0.0598. The number of halogens is 1. The van der Waals surface area contributed by atoms with Crippen molar-refractivity contribution in [3.63, 3.8) is 0 Å². The van der Waals surface area contributed by atoms with E-state index in [4.69, 9.17) is 16.3 Å². The monoisotopic (exact) mass is 263 g/mol. The van der Waals surface area contributed by atoms with Crippen LogP contribution in [0.4, 0.5) is 5.69 Å². The molecule has 0 amide bonds. The number of hydrogen-bond donors (Lipinski definition) is 0. The SMILES string of the molecule is Cc1ccc(Oc2cccc(Cl)c2[N+](=O)[O-])cc1. The summed E-state index contributed by atoms with van der Waals surface area (Å²) >= 11 is 5.79. The van der Waals surface area contributed by atoms with Crippen molar-refractivity contribution >= 4 is 17.3 Å². The second-order valence-corrected chi connectivity index (χ2v) is 4.17. The molecule has 0 aliphatic carbocycles. The summed E-state index contributed by atoms with van der Waals surface area (Å²) < 4.78 is 5.48. The van der Waals surface area contributed by atoms with Gasteiger partial charge >= 0.3 is 5.69 Å². The number of nitrogens with zero attached hydrogens (tertiary/aromatic N) is 1. The Morgan fingerprint density at radius 3 is 2.44 bits per heavy atom. The number of hydrogen-bond acceptors (Lipinski definition) is 3. The summed E-state index contributed by atoms with van der Waals surface area (Å²) in [6.07, 6.45) is 0. The summed E-state index contributed by atoms with van der Waals surface area (Å²) in [7, 11) is 0. The number of nitro groups is 1. The van der Waals surface area contributed by atoms with Crippen molar-refractivity contribution in [1.29, 1.82) is 0 Å². The highest BCUT2D eigenvalue weighted by Gasteiger charge is 2.20. The third-order valence-electron chi connectivity index (χ3n) is 2.38. The quantitative estimate of drug-likeness (QED) is 0.611. The normalized spacial score (nSPS) is 10.1. The Hall–Kier alpha value is -2.07. The molecule has 2 aromatic rings. The first-order valence-corrected chi connectivity index (χ1v) is 5.63. The van der Waals surface area contributed by atoms with Crippen LogP contribution < -0.4 is 4.74 Å². The molecule has 0 N–H and O–H groups in total. The fourth-order valence-electron chi connectivity index (χ4n) is 1.49. The van der Waals surface area contributed by atoms with Crippen LogP contribution in [0.5, 0.6) is 11.5 Å². The van der Waals surface area contributed by atoms with Gasteiger partial charge in [0, 0.05) is 0 Å². The Balaban J connectivity index is 2.37. The zero-order chi connectivity index (χ0) is 13.1. The fraction of sp³-hybridized carbons (Fsp3) is 0.0769. The third kappa shape index (κ3) is 2.60. The van der Waals surface area contributed by atoms with Crippen molar-refractivity contribution in [2.45, 2.75) is 6.92 Å². The maximum Gasteiger partial charge on any atom is 0.329 e. The van der Waals surface area contributed by atoms with E-state index in [0.717, 1.165) is 5.56 Å². The zero-order valence-corrected chi connectivity index (χ0v) is 10.3. The second kappa shape index (κ2) is 5.06. The van der Waals surface area contributed by atoms with E-state index in [2.05, 4.69) is 0 Å². The second-order valence-electron chi connectivity index (χ2n) is 3.76. The van der Waals surface area contributed by atoms with E-state index >= 15 is 0 Å². The van der Waals surface area contributed by atoms with E-state index in [1.807, 2.05) is 19.1 Å². The van der Waals surface area contributed by atoms with Gasteiger partial charge in [0.05, 0.1) is 4.92 Å². The van der Waals surface area contributed by atoms with E-state index in [1.54, 1.807) is 18.2 Å². The average molecular weight is 264 g/mol. The van der Waals surface area contributed by atoms with Gasteiger partial charge in [-0.1, -0.05) is 35.4 Å². The highest BCUT2D eigenvalue weighted by molar-refractivity contribution is 6.32. The van der Waals surface area contributed by atoms with Crippen molar-refractivity contribution in [3.05, 3.63) is 63.2 Å². The molecule has 0 fully saturated rings. The highest BCUT2D eigenvalue weighted by atomic mass is 35.5. The van der Waals surface area contributed by atoms with Gasteiger partial charge < -0.3 is 4.74 Å². The van der Waals surface area contributed by atoms with Gasteiger partial charge in [0.1, 0.15) is 10.8 Å². The first-order chi connectivity index (χ1) is 8.58. The van der Waals surface area contributed by atoms with Crippen LogP contribution >= 0.6 is 11.6 Å². The number of benzene rings is 2. The van der Waals surface area contributed by atoms with Crippen molar-refractivity contribution in [2.75, 3.05) is 0 Å². The van der Waals surface area contributed by atoms with Gasteiger partial charge in [0.15, 0.2) is 0 Å². The van der Waals surface area contributed by atoms with E-state index in [1.165, 1.54) is 12.1 Å². The molecule has 0 aliphatic rings. The summed E-state index contributed by atoms with van der Waals surface area (Å²) in [5, 5.41) is 11.0. The van der Waals surface area contributed by atoms with Gasteiger partial charge in [-0.15, -0.1) is 0 Å². The standard InChI is InChI=1S/C13H10ClNO3/c1-9-5-7-10(8-6-9)18-12-4-2-3-11(14)13(12)15(16)17/h2-8H,1H3. The number of aryl methyl sites for hydroxylation is 1. The molecule has 18 heavy (non-hydrogen) atoms. The van der Waals surface area contributed by atoms with Gasteiger partial charge in [-0.3, -0.25) is 10.1 Å². The van der Waals surface area contributed by atoms with Crippen molar-refractivity contribution in [3.8, 4) is 11.5 Å². The van der Waals surface area contributed by atoms with Gasteiger partial charge in [-0.2, -0.15) is 0 Å². The Kier molecular flexibility index (Phi) is 3.48. The van der Waals surface area contributed by atoms with Crippen LogP contribution in [0.1, 0.15) is 5.56 Å². The molecule has 0 bridgehead atoms. The molecular weight excluding hydrogens is 254 g/mol. The van der Waals surface area contributed by atoms with Gasteiger partial charge in [0.2, 0.25) is 5.75 Å². The predicted octanol–water partition coefficient (Wildman–Crippen LogP) is 4.35. The fourth-order valence-corrected chi connectivity index (χ4v) is 1.72. The van der Waals surface area contributed by atoms with Crippen LogP contribution in [0.2, 0.25) is 5.02 Å². The van der Waals surface area contributed by atoms with E-state index in [0.29, 0.717) is 5.75 Å². The van der Waals surface area contributed by atoms with E-state index in [9.17, 15) is 10.1 Å². The van der Waals surface area contributed by atoms with Crippen LogP contribution in [-0.4, -0.2) is 4.92 Å². The molecule has 0 radical (unpaired) electrons. The molecule has 92 valence electrons. The molecular formula is C13H10ClNO3. The molecule has 4 nitrogen and oxygen atoms in total. The van der Waals surface area contributed by atoms with E-state index in [-0.39, 0.29) is 16.5 Å². The number of para-hydroxylation sites is 1. The Bertz CT molecular complexity index is 581. The average Bonchev–Trinajstić information content (AvgIpc) is 2.32. The third-order valence-corrected chi connectivity index (χ3v) is 2.69. The molecule has 0 heterocycles. The molecule has 0 aliphatic heterocycles. The largest absolute Gasteiger partial charge is 0.450 e. The van der Waals surface area contributed by atoms with E-state index < -0.39 is 4.92 Å². The number of ether oxygens (including phenoxy) is 1. The molecule has 2 aromatic carbocycles. The number of rotatable bonds is 3. The predicted molar refractivity (Wildman–Crippen MR) is 69.4 cm³/mol. The summed E-state index contributed by atoms with van der Waals surface area (Å²) in [6, 6.07) is 11.8. The smallest absolute Gasteiger partial charge is 0.329 e. The lowest BCUT2D eigenvalue weighted by molar-refractivity contribution is -0.385. The van der Waals surface area contributed by atoms with Crippen molar-refractivity contribution in [2.24, 2.45) is 0 Å². The lowest BCUT2D eigenvalue weighted by atomic mass is 10.2. The maximum atomic E-state index is 10.9. The maximum absolute atomic E-state index is 10.9. The summed E-state index contributed by atoms with van der Waals surface area (Å²) in [6.45, 7) is 1.95. The first-order valence-electron chi connectivity index (χ1n) is 5.25. The van der Waals surface area contributed by atoms with Gasteiger partial charge in [0.25, 0.3) is 0 Å². The van der Waals surface area contributed by atoms with Gasteiger partial charge in [-0.25, -0.2) is 0 Å². The first kappa shape index (κ1) is 12.4. The van der Waals surface area contributed by atoms with Crippen LogP contribution in [0, 0.1) is 17.0 Å². The van der Waals surface area contributed by atoms with Gasteiger partial charge in [-0.05, 0) is 31.2 Å². The molecule has 2 rings (SSSR count). The Morgan fingerprint density at radius 2 is 1.83 bits per heavy atom. The number of nitro benzene ring substituents is 1. The Labute approximate surface area is 109 Å². The molecule has 0 aromatic heterocycles. The summed E-state index contributed by atoms with van der Waals surface area (Å²) in [4.78, 5) is 10.4. The topological polar surface area (TPSA) is 52.4 Å². The minimum Gasteiger partial charge on any atom is -0.450 e. The highest BCUT2D eigenvalue weighted by Crippen LogP contribution is 2.36. The molecule has 0 atom stereocenters. The molecule has 0 spiro atoms. The lowest BCUT2D eigenvalue weighted by Crippen LogP contribution is -1.94. The molecule has 0 unspecified atom stereocenters. The molecule has 5 heteroatoms. The van der Waals surface area contributed by atoms with Crippen LogP contribution in [0.3, 0.4) is 0 Å². The zero-order valence-electron chi connectivity index (χ0n) is 9.59. The summed E-state index contributed by atoms with van der Waals surface area (Å²) in [5.41, 5.74) is 0.864.